The third kappa shape index (κ3) is 6.16. The van der Waals surface area contributed by atoms with E-state index in [0.717, 1.165) is 84.9 Å². The second kappa shape index (κ2) is 14.4. The van der Waals surface area contributed by atoms with Crippen molar-refractivity contribution in [1.82, 2.24) is 19.5 Å². The minimum absolute atomic E-state index is 0.634. The average Bonchev–Trinajstić information content (AvgIpc) is 3.84. The lowest BCUT2D eigenvalue weighted by molar-refractivity contribution is 0.668. The summed E-state index contributed by atoms with van der Waals surface area (Å²) >= 11 is 0. The number of aryl methyl sites for hydroxylation is 1. The first-order valence-electron chi connectivity index (χ1n) is 20.2. The normalized spacial score (nSPS) is 11.6. The molecule has 0 radical (unpaired) electrons. The molecule has 0 unspecified atom stereocenters. The summed E-state index contributed by atoms with van der Waals surface area (Å²) in [5.41, 5.74) is 13.9. The Morgan fingerprint density at radius 1 is 0.407 bits per heavy atom. The highest BCUT2D eigenvalue weighted by Crippen LogP contribution is 2.39. The second-order valence-electron chi connectivity index (χ2n) is 15.1. The summed E-state index contributed by atoms with van der Waals surface area (Å²) in [5, 5.41) is 4.74. The van der Waals surface area contributed by atoms with Crippen LogP contribution in [0.15, 0.2) is 192 Å². The van der Waals surface area contributed by atoms with Crippen molar-refractivity contribution in [2.45, 2.75) is 19.8 Å². The molecule has 0 N–H and O–H groups in total. The Morgan fingerprint density at radius 3 is 1.75 bits per heavy atom. The van der Waals surface area contributed by atoms with Crippen molar-refractivity contribution >= 4 is 43.7 Å². The number of hydrogen-bond donors (Lipinski definition) is 0. The fraction of sp³-hybridized carbons (Fsp3) is 0.0556. The van der Waals surface area contributed by atoms with Gasteiger partial charge in [-0.25, -0.2) is 15.0 Å². The Bertz CT molecular complexity index is 3270. The molecule has 0 aliphatic carbocycles. The van der Waals surface area contributed by atoms with E-state index in [1.807, 2.05) is 66.7 Å². The zero-order valence-electron chi connectivity index (χ0n) is 32.5. The van der Waals surface area contributed by atoms with Gasteiger partial charge in [0, 0.05) is 43.9 Å². The van der Waals surface area contributed by atoms with Gasteiger partial charge in [0.1, 0.15) is 11.2 Å². The van der Waals surface area contributed by atoms with Crippen LogP contribution in [0.2, 0.25) is 0 Å². The molecule has 11 rings (SSSR count). The molecule has 280 valence electrons. The van der Waals surface area contributed by atoms with Crippen molar-refractivity contribution in [3.63, 3.8) is 0 Å². The van der Waals surface area contributed by atoms with Crippen LogP contribution in [-0.2, 0) is 6.42 Å². The Balaban J connectivity index is 1.00. The molecule has 0 amide bonds. The van der Waals surface area contributed by atoms with Gasteiger partial charge in [0.2, 0.25) is 0 Å². The first-order chi connectivity index (χ1) is 29.2. The van der Waals surface area contributed by atoms with Gasteiger partial charge in [0.05, 0.1) is 11.0 Å². The molecular weight excluding hydrogens is 721 g/mol. The molecule has 59 heavy (non-hydrogen) atoms. The van der Waals surface area contributed by atoms with E-state index in [1.54, 1.807) is 0 Å². The minimum atomic E-state index is 0.634. The van der Waals surface area contributed by atoms with E-state index >= 15 is 0 Å². The van der Waals surface area contributed by atoms with Gasteiger partial charge >= 0.3 is 0 Å². The van der Waals surface area contributed by atoms with Gasteiger partial charge in [-0.15, -0.1) is 0 Å². The Kier molecular flexibility index (Phi) is 8.44. The number of nitrogens with zero attached hydrogens (tertiary/aromatic N) is 4. The average molecular weight is 759 g/mol. The summed E-state index contributed by atoms with van der Waals surface area (Å²) in [5.74, 6) is 1.92. The van der Waals surface area contributed by atoms with Gasteiger partial charge < -0.3 is 8.98 Å². The van der Waals surface area contributed by atoms with Gasteiger partial charge in [-0.3, -0.25) is 0 Å². The summed E-state index contributed by atoms with van der Waals surface area (Å²) in [6, 6.07) is 66.2. The summed E-state index contributed by atoms with van der Waals surface area (Å²) in [7, 11) is 0. The number of aromatic nitrogens is 4. The predicted molar refractivity (Wildman–Crippen MR) is 243 cm³/mol. The van der Waals surface area contributed by atoms with Gasteiger partial charge in [0.25, 0.3) is 0 Å². The highest BCUT2D eigenvalue weighted by molar-refractivity contribution is 6.11. The van der Waals surface area contributed by atoms with Crippen LogP contribution in [-0.4, -0.2) is 19.5 Å². The topological polar surface area (TPSA) is 56.7 Å². The van der Waals surface area contributed by atoms with Crippen molar-refractivity contribution in [3.8, 4) is 62.1 Å². The highest BCUT2D eigenvalue weighted by Gasteiger charge is 2.18. The molecule has 3 aromatic heterocycles. The van der Waals surface area contributed by atoms with Crippen LogP contribution >= 0.6 is 0 Å². The molecule has 0 spiro atoms. The highest BCUT2D eigenvalue weighted by atomic mass is 16.3. The Morgan fingerprint density at radius 2 is 1.00 bits per heavy atom. The number of benzene rings is 8. The summed E-state index contributed by atoms with van der Waals surface area (Å²) in [6.07, 6.45) is 2.16. The maximum Gasteiger partial charge on any atom is 0.164 e. The summed E-state index contributed by atoms with van der Waals surface area (Å²) in [6.45, 7) is 2.21. The molecule has 8 aromatic carbocycles. The van der Waals surface area contributed by atoms with Crippen LogP contribution in [0.3, 0.4) is 0 Å². The Hall–Kier alpha value is -7.63. The molecule has 0 fully saturated rings. The molecule has 0 aliphatic rings. The van der Waals surface area contributed by atoms with Crippen LogP contribution in [0.5, 0.6) is 0 Å². The molecule has 0 saturated carbocycles. The molecular formula is C54H38N4O. The molecule has 3 heterocycles. The molecule has 5 heteroatoms. The van der Waals surface area contributed by atoms with Gasteiger partial charge in [-0.05, 0) is 76.7 Å². The second-order valence-corrected chi connectivity index (χ2v) is 15.1. The van der Waals surface area contributed by atoms with Crippen LogP contribution in [0.1, 0.15) is 18.9 Å². The lowest BCUT2D eigenvalue weighted by Gasteiger charge is -2.13. The quantitative estimate of drug-likeness (QED) is 0.155. The number of fused-ring (bicyclic) bond motifs is 6. The van der Waals surface area contributed by atoms with Crippen LogP contribution < -0.4 is 0 Å². The van der Waals surface area contributed by atoms with Crippen molar-refractivity contribution in [3.05, 3.63) is 194 Å². The molecule has 0 bridgehead atoms. The summed E-state index contributed by atoms with van der Waals surface area (Å²) in [4.78, 5) is 15.0. The fourth-order valence-electron chi connectivity index (χ4n) is 8.52. The minimum Gasteiger partial charge on any atom is -0.456 e. The van der Waals surface area contributed by atoms with Gasteiger partial charge in [-0.1, -0.05) is 159 Å². The molecule has 0 atom stereocenters. The smallest absolute Gasteiger partial charge is 0.164 e. The molecule has 11 aromatic rings. The van der Waals surface area contributed by atoms with Crippen LogP contribution in [0.4, 0.5) is 0 Å². The number of rotatable bonds is 8. The number of furan rings is 1. The largest absolute Gasteiger partial charge is 0.456 e. The zero-order valence-corrected chi connectivity index (χ0v) is 32.5. The maximum atomic E-state index is 6.32. The van der Waals surface area contributed by atoms with E-state index < -0.39 is 0 Å². The van der Waals surface area contributed by atoms with E-state index in [9.17, 15) is 0 Å². The van der Waals surface area contributed by atoms with E-state index in [4.69, 9.17) is 19.4 Å². The van der Waals surface area contributed by atoms with Crippen LogP contribution in [0, 0.1) is 0 Å². The molecule has 0 aliphatic heterocycles. The lowest BCUT2D eigenvalue weighted by Crippen LogP contribution is -2.01. The molecule has 5 nitrogen and oxygen atoms in total. The van der Waals surface area contributed by atoms with Gasteiger partial charge in [0.15, 0.2) is 17.5 Å². The fourth-order valence-corrected chi connectivity index (χ4v) is 8.52. The van der Waals surface area contributed by atoms with Gasteiger partial charge in [-0.2, -0.15) is 0 Å². The van der Waals surface area contributed by atoms with E-state index in [0.29, 0.717) is 17.5 Å². The monoisotopic (exact) mass is 758 g/mol. The van der Waals surface area contributed by atoms with E-state index in [1.165, 1.54) is 21.9 Å². The first kappa shape index (κ1) is 34.6. The van der Waals surface area contributed by atoms with E-state index in [2.05, 4.69) is 133 Å². The summed E-state index contributed by atoms with van der Waals surface area (Å²) < 4.78 is 8.71. The number of para-hydroxylation sites is 1. The number of hydrogen-bond acceptors (Lipinski definition) is 4. The third-order valence-electron chi connectivity index (χ3n) is 11.4. The zero-order chi connectivity index (χ0) is 39.3. The van der Waals surface area contributed by atoms with Crippen molar-refractivity contribution in [2.24, 2.45) is 0 Å². The predicted octanol–water partition coefficient (Wildman–Crippen LogP) is 14.2. The standard InChI is InChI=1S/C54H38N4O/c1-2-13-35-22-29-45-47-33-39(26-31-50(47)59-51(45)32-35)40-25-30-44-43-19-11-12-21-48(43)58(49(44)34-40)41-27-23-36(24-28-41)42-18-9-10-20-46(42)54-56-52(37-14-5-3-6-15-37)55-53(57-54)38-16-7-4-8-17-38/h3-12,14-34H,2,13H2,1H3. The first-order valence-corrected chi connectivity index (χ1v) is 20.2. The third-order valence-corrected chi connectivity index (χ3v) is 11.4. The SMILES string of the molecule is CCCc1ccc2c(c1)oc1ccc(-c3ccc4c5ccccc5n(-c5ccc(-c6ccccc6-c6nc(-c7ccccc7)nc(-c7ccccc7)n6)cc5)c4c3)cc12. The van der Waals surface area contributed by atoms with Crippen molar-refractivity contribution < 1.29 is 4.42 Å². The van der Waals surface area contributed by atoms with Crippen LogP contribution in [0.25, 0.3) is 106 Å². The van der Waals surface area contributed by atoms with Crippen molar-refractivity contribution in [1.29, 1.82) is 0 Å². The Labute approximate surface area is 341 Å². The molecule has 0 saturated heterocycles. The lowest BCUT2D eigenvalue weighted by atomic mass is 9.98. The van der Waals surface area contributed by atoms with E-state index in [-0.39, 0.29) is 0 Å². The maximum absolute atomic E-state index is 6.32. The van der Waals surface area contributed by atoms with Crippen molar-refractivity contribution in [2.75, 3.05) is 0 Å².